The van der Waals surface area contributed by atoms with E-state index in [0.29, 0.717) is 11.1 Å². The van der Waals surface area contributed by atoms with Crippen molar-refractivity contribution in [1.82, 2.24) is 15.6 Å². The summed E-state index contributed by atoms with van der Waals surface area (Å²) >= 11 is 0. The highest BCUT2D eigenvalue weighted by Crippen LogP contribution is 2.21. The number of H-pyrrole nitrogens is 1. The predicted octanol–water partition coefficient (Wildman–Crippen LogP) is 1.39. The van der Waals surface area contributed by atoms with E-state index in [1.165, 1.54) is 20.4 Å². The van der Waals surface area contributed by atoms with Crippen LogP contribution in [-0.2, 0) is 11.2 Å². The number of aromatic amines is 1. The standard InChI is InChI=1S/C21H23N3O5/c1-22-19(26)17-15(10-12-6-8-13(9-7-12)21(28)29-2)16(11-23-20(17)27)18(25)24-14-4-3-5-14/h6-9,11,14H,3-5,10H2,1-2H3,(H,22,26)(H,23,27)(H,24,25). The molecule has 152 valence electrons. The number of ether oxygens (including phenoxy) is 1. The summed E-state index contributed by atoms with van der Waals surface area (Å²) in [6, 6.07) is 6.72. The molecule has 0 aliphatic heterocycles. The highest BCUT2D eigenvalue weighted by atomic mass is 16.5. The Morgan fingerprint density at radius 3 is 2.38 bits per heavy atom. The first-order valence-corrected chi connectivity index (χ1v) is 9.39. The van der Waals surface area contributed by atoms with Gasteiger partial charge in [0, 0.05) is 19.3 Å². The number of hydrogen-bond donors (Lipinski definition) is 3. The lowest BCUT2D eigenvalue weighted by Gasteiger charge is -2.27. The van der Waals surface area contributed by atoms with Crippen LogP contribution in [0.5, 0.6) is 0 Å². The number of esters is 1. The van der Waals surface area contributed by atoms with Crippen molar-refractivity contribution in [3.63, 3.8) is 0 Å². The number of nitrogens with one attached hydrogen (secondary N) is 3. The molecule has 1 aliphatic carbocycles. The molecule has 8 nitrogen and oxygen atoms in total. The average molecular weight is 397 g/mol. The molecule has 3 N–H and O–H groups in total. The summed E-state index contributed by atoms with van der Waals surface area (Å²) in [5, 5.41) is 5.40. The van der Waals surface area contributed by atoms with E-state index < -0.39 is 17.4 Å². The van der Waals surface area contributed by atoms with E-state index in [2.05, 4.69) is 20.4 Å². The first-order chi connectivity index (χ1) is 13.9. The Morgan fingerprint density at radius 1 is 1.14 bits per heavy atom. The van der Waals surface area contributed by atoms with Gasteiger partial charge in [0.1, 0.15) is 5.56 Å². The fourth-order valence-corrected chi connectivity index (χ4v) is 3.22. The third kappa shape index (κ3) is 4.37. The maximum absolute atomic E-state index is 12.8. The van der Waals surface area contributed by atoms with Crippen LogP contribution in [0.25, 0.3) is 0 Å². The van der Waals surface area contributed by atoms with Crippen LogP contribution in [-0.4, -0.2) is 43.0 Å². The van der Waals surface area contributed by atoms with Gasteiger partial charge in [0.2, 0.25) is 0 Å². The van der Waals surface area contributed by atoms with Gasteiger partial charge >= 0.3 is 5.97 Å². The Hall–Kier alpha value is -3.42. The molecule has 1 saturated carbocycles. The van der Waals surface area contributed by atoms with Gasteiger partial charge in [-0.3, -0.25) is 14.4 Å². The third-order valence-corrected chi connectivity index (χ3v) is 5.10. The van der Waals surface area contributed by atoms with E-state index in [-0.39, 0.29) is 29.5 Å². The third-order valence-electron chi connectivity index (χ3n) is 5.10. The monoisotopic (exact) mass is 397 g/mol. The molecule has 0 unspecified atom stereocenters. The molecule has 29 heavy (non-hydrogen) atoms. The van der Waals surface area contributed by atoms with Gasteiger partial charge in [-0.15, -0.1) is 0 Å². The minimum Gasteiger partial charge on any atom is -0.465 e. The van der Waals surface area contributed by atoms with Crippen LogP contribution in [0.4, 0.5) is 0 Å². The minimum atomic E-state index is -0.564. The Balaban J connectivity index is 2.00. The van der Waals surface area contributed by atoms with Crippen LogP contribution >= 0.6 is 0 Å². The zero-order chi connectivity index (χ0) is 21.0. The van der Waals surface area contributed by atoms with Crippen molar-refractivity contribution >= 4 is 17.8 Å². The minimum absolute atomic E-state index is 0.0918. The SMILES string of the molecule is CNC(=O)c1c(Cc2ccc(C(=O)OC)cc2)c(C(=O)NC2CCC2)c[nH]c1=O. The van der Waals surface area contributed by atoms with Gasteiger partial charge in [0.15, 0.2) is 0 Å². The number of benzene rings is 1. The highest BCUT2D eigenvalue weighted by Gasteiger charge is 2.25. The van der Waals surface area contributed by atoms with Crippen LogP contribution in [0.3, 0.4) is 0 Å². The molecule has 1 aromatic carbocycles. The van der Waals surface area contributed by atoms with Crippen LogP contribution in [0.2, 0.25) is 0 Å². The second-order valence-electron chi connectivity index (χ2n) is 6.93. The van der Waals surface area contributed by atoms with E-state index in [1.807, 2.05) is 0 Å². The zero-order valence-corrected chi connectivity index (χ0v) is 16.3. The van der Waals surface area contributed by atoms with Crippen LogP contribution in [0, 0.1) is 0 Å². The lowest BCUT2D eigenvalue weighted by atomic mass is 9.91. The highest BCUT2D eigenvalue weighted by molar-refractivity contribution is 6.01. The molecule has 0 saturated heterocycles. The van der Waals surface area contributed by atoms with Crippen molar-refractivity contribution in [2.75, 3.05) is 14.2 Å². The van der Waals surface area contributed by atoms with E-state index in [0.717, 1.165) is 24.8 Å². The molecule has 0 bridgehead atoms. The number of aromatic nitrogens is 1. The molecule has 0 atom stereocenters. The van der Waals surface area contributed by atoms with Gasteiger partial charge in [-0.05, 0) is 48.9 Å². The number of hydrogen-bond acceptors (Lipinski definition) is 5. The van der Waals surface area contributed by atoms with Crippen molar-refractivity contribution in [2.24, 2.45) is 0 Å². The Bertz CT molecular complexity index is 990. The summed E-state index contributed by atoms with van der Waals surface area (Å²) in [5.74, 6) is -1.35. The molecule has 1 aromatic heterocycles. The maximum atomic E-state index is 12.8. The van der Waals surface area contributed by atoms with Crippen molar-refractivity contribution < 1.29 is 19.1 Å². The first kappa shape index (κ1) is 20.3. The average Bonchev–Trinajstić information content (AvgIpc) is 2.70. The number of pyridine rings is 1. The predicted molar refractivity (Wildman–Crippen MR) is 106 cm³/mol. The molecular formula is C21H23N3O5. The molecule has 2 aromatic rings. The van der Waals surface area contributed by atoms with E-state index >= 15 is 0 Å². The molecule has 0 radical (unpaired) electrons. The van der Waals surface area contributed by atoms with Gasteiger partial charge in [-0.2, -0.15) is 0 Å². The Kier molecular flexibility index (Phi) is 6.11. The summed E-state index contributed by atoms with van der Waals surface area (Å²) in [7, 11) is 2.73. The summed E-state index contributed by atoms with van der Waals surface area (Å²) in [6.07, 6.45) is 4.44. The van der Waals surface area contributed by atoms with Gasteiger partial charge < -0.3 is 20.4 Å². The fourth-order valence-electron chi connectivity index (χ4n) is 3.22. The molecule has 0 spiro atoms. The summed E-state index contributed by atoms with van der Waals surface area (Å²) in [6.45, 7) is 0. The normalized spacial score (nSPS) is 13.3. The summed E-state index contributed by atoms with van der Waals surface area (Å²) in [5.41, 5.74) is 1.07. The largest absolute Gasteiger partial charge is 0.465 e. The Labute approximate surface area is 167 Å². The molecule has 1 fully saturated rings. The van der Waals surface area contributed by atoms with Crippen molar-refractivity contribution in [1.29, 1.82) is 0 Å². The number of rotatable bonds is 6. The molecule has 2 amide bonds. The smallest absolute Gasteiger partial charge is 0.337 e. The van der Waals surface area contributed by atoms with Crippen molar-refractivity contribution in [3.05, 3.63) is 68.6 Å². The van der Waals surface area contributed by atoms with Gasteiger partial charge in [0.25, 0.3) is 17.4 Å². The zero-order valence-electron chi connectivity index (χ0n) is 16.3. The number of carbonyl (C=O) groups is 3. The number of carbonyl (C=O) groups excluding carboxylic acids is 3. The lowest BCUT2D eigenvalue weighted by molar-refractivity contribution is 0.0600. The summed E-state index contributed by atoms with van der Waals surface area (Å²) in [4.78, 5) is 51.6. The second-order valence-corrected chi connectivity index (χ2v) is 6.93. The maximum Gasteiger partial charge on any atom is 0.337 e. The van der Waals surface area contributed by atoms with Gasteiger partial charge in [-0.25, -0.2) is 4.79 Å². The van der Waals surface area contributed by atoms with Gasteiger partial charge in [0.05, 0.1) is 18.2 Å². The molecule has 1 aliphatic rings. The Morgan fingerprint density at radius 2 is 1.83 bits per heavy atom. The second kappa shape index (κ2) is 8.72. The molecule has 8 heteroatoms. The quantitative estimate of drug-likeness (QED) is 0.637. The lowest BCUT2D eigenvalue weighted by Crippen LogP contribution is -2.40. The van der Waals surface area contributed by atoms with Gasteiger partial charge in [-0.1, -0.05) is 12.1 Å². The molecule has 1 heterocycles. The van der Waals surface area contributed by atoms with Crippen LogP contribution in [0.1, 0.15) is 61.5 Å². The van der Waals surface area contributed by atoms with E-state index in [9.17, 15) is 19.2 Å². The number of methoxy groups -OCH3 is 1. The number of amides is 2. The summed E-state index contributed by atoms with van der Waals surface area (Å²) < 4.78 is 4.69. The van der Waals surface area contributed by atoms with Crippen LogP contribution in [0.15, 0.2) is 35.3 Å². The van der Waals surface area contributed by atoms with Crippen LogP contribution < -0.4 is 16.2 Å². The van der Waals surface area contributed by atoms with Crippen molar-refractivity contribution in [2.45, 2.75) is 31.7 Å². The molecular weight excluding hydrogens is 374 g/mol. The van der Waals surface area contributed by atoms with Crippen molar-refractivity contribution in [3.8, 4) is 0 Å². The topological polar surface area (TPSA) is 117 Å². The first-order valence-electron chi connectivity index (χ1n) is 9.39. The molecule has 3 rings (SSSR count). The van der Waals surface area contributed by atoms with E-state index in [4.69, 9.17) is 0 Å². The van der Waals surface area contributed by atoms with E-state index in [1.54, 1.807) is 24.3 Å². The fraction of sp³-hybridized carbons (Fsp3) is 0.333.